The van der Waals surface area contributed by atoms with Crippen molar-refractivity contribution in [2.45, 2.75) is 13.5 Å². The average molecular weight is 246 g/mol. The molecule has 18 heavy (non-hydrogen) atoms. The number of pyridine rings is 1. The highest BCUT2D eigenvalue weighted by molar-refractivity contribution is 5.87. The van der Waals surface area contributed by atoms with E-state index in [0.717, 1.165) is 11.4 Å². The van der Waals surface area contributed by atoms with Crippen molar-refractivity contribution in [3.05, 3.63) is 35.9 Å². The van der Waals surface area contributed by atoms with Crippen LogP contribution in [0.15, 0.2) is 24.5 Å². The van der Waals surface area contributed by atoms with E-state index in [0.29, 0.717) is 12.5 Å². The highest BCUT2D eigenvalue weighted by Gasteiger charge is 2.06. The summed E-state index contributed by atoms with van der Waals surface area (Å²) in [4.78, 5) is 19.8. The standard InChI is InChI=1S/C11H14N6O/c1-8-4-3-5-9(15-8)6-12-11(18)16-10-13-7-14-17(10)2/h3-5,7H,6H2,1-2H3,(H2,12,13,14,16,18). The molecule has 0 bridgehead atoms. The van der Waals surface area contributed by atoms with Crippen molar-refractivity contribution in [1.29, 1.82) is 0 Å². The lowest BCUT2D eigenvalue weighted by atomic mass is 10.3. The molecule has 0 aliphatic carbocycles. The van der Waals surface area contributed by atoms with Crippen LogP contribution in [0.4, 0.5) is 10.7 Å². The van der Waals surface area contributed by atoms with Gasteiger partial charge in [-0.25, -0.2) is 9.48 Å². The lowest BCUT2D eigenvalue weighted by Gasteiger charge is -2.06. The number of hydrogen-bond donors (Lipinski definition) is 2. The van der Waals surface area contributed by atoms with Crippen LogP contribution in [0.5, 0.6) is 0 Å². The van der Waals surface area contributed by atoms with Crippen molar-refractivity contribution in [2.24, 2.45) is 7.05 Å². The molecular formula is C11H14N6O. The maximum atomic E-state index is 11.6. The predicted octanol–water partition coefficient (Wildman–Crippen LogP) is 0.840. The molecule has 0 radical (unpaired) electrons. The fourth-order valence-electron chi connectivity index (χ4n) is 1.42. The van der Waals surface area contributed by atoms with E-state index in [4.69, 9.17) is 0 Å². The molecule has 2 aromatic rings. The van der Waals surface area contributed by atoms with Gasteiger partial charge in [-0.05, 0) is 19.1 Å². The van der Waals surface area contributed by atoms with Crippen molar-refractivity contribution < 1.29 is 4.79 Å². The minimum Gasteiger partial charge on any atom is -0.332 e. The van der Waals surface area contributed by atoms with E-state index in [1.54, 1.807) is 7.05 Å². The summed E-state index contributed by atoms with van der Waals surface area (Å²) in [7, 11) is 1.70. The summed E-state index contributed by atoms with van der Waals surface area (Å²) in [5.41, 5.74) is 1.73. The summed E-state index contributed by atoms with van der Waals surface area (Å²) in [5, 5.41) is 9.13. The molecule has 0 spiro atoms. The minimum atomic E-state index is -0.339. The second kappa shape index (κ2) is 5.26. The summed E-state index contributed by atoms with van der Waals surface area (Å²) < 4.78 is 1.48. The number of nitrogens with zero attached hydrogens (tertiary/aromatic N) is 4. The van der Waals surface area contributed by atoms with Crippen LogP contribution in [0, 0.1) is 6.92 Å². The van der Waals surface area contributed by atoms with Gasteiger partial charge in [-0.1, -0.05) is 6.07 Å². The summed E-state index contributed by atoms with van der Waals surface area (Å²) in [6, 6.07) is 5.33. The first-order valence-electron chi connectivity index (χ1n) is 5.46. The van der Waals surface area contributed by atoms with Gasteiger partial charge in [0.2, 0.25) is 5.95 Å². The van der Waals surface area contributed by atoms with Gasteiger partial charge in [0.15, 0.2) is 0 Å². The molecular weight excluding hydrogens is 232 g/mol. The molecule has 0 saturated carbocycles. The van der Waals surface area contributed by atoms with E-state index in [2.05, 4.69) is 25.7 Å². The predicted molar refractivity (Wildman–Crippen MR) is 65.8 cm³/mol. The zero-order chi connectivity index (χ0) is 13.0. The van der Waals surface area contributed by atoms with Gasteiger partial charge in [0.1, 0.15) is 6.33 Å². The largest absolute Gasteiger partial charge is 0.332 e. The van der Waals surface area contributed by atoms with Gasteiger partial charge in [-0.2, -0.15) is 10.1 Å². The number of rotatable bonds is 3. The van der Waals surface area contributed by atoms with Crippen LogP contribution in [0.25, 0.3) is 0 Å². The quantitative estimate of drug-likeness (QED) is 0.840. The summed E-state index contributed by atoms with van der Waals surface area (Å²) >= 11 is 0. The first-order valence-corrected chi connectivity index (χ1v) is 5.46. The maximum absolute atomic E-state index is 11.6. The van der Waals surface area contributed by atoms with Crippen LogP contribution < -0.4 is 10.6 Å². The molecule has 2 aromatic heterocycles. The molecule has 2 heterocycles. The Bertz CT molecular complexity index is 550. The normalized spacial score (nSPS) is 10.1. The van der Waals surface area contributed by atoms with E-state index < -0.39 is 0 Å². The third-order valence-electron chi connectivity index (χ3n) is 2.31. The molecule has 0 fully saturated rings. The summed E-state index contributed by atoms with van der Waals surface area (Å²) in [6.07, 6.45) is 1.37. The molecule has 0 saturated heterocycles. The Kier molecular flexibility index (Phi) is 3.52. The molecule has 0 unspecified atom stereocenters. The molecule has 0 aliphatic heterocycles. The Morgan fingerprint density at radius 3 is 2.94 bits per heavy atom. The van der Waals surface area contributed by atoms with Crippen LogP contribution >= 0.6 is 0 Å². The Hall–Kier alpha value is -2.44. The van der Waals surface area contributed by atoms with Crippen molar-refractivity contribution in [2.75, 3.05) is 5.32 Å². The second-order valence-corrected chi connectivity index (χ2v) is 3.79. The third-order valence-corrected chi connectivity index (χ3v) is 2.31. The van der Waals surface area contributed by atoms with Gasteiger partial charge in [0.05, 0.1) is 12.2 Å². The minimum absolute atomic E-state index is 0.339. The first kappa shape index (κ1) is 12.0. The Morgan fingerprint density at radius 2 is 2.28 bits per heavy atom. The first-order chi connectivity index (χ1) is 8.65. The molecule has 0 aliphatic rings. The molecule has 7 heteroatoms. The number of aromatic nitrogens is 4. The van der Waals surface area contributed by atoms with Crippen LogP contribution in [0.1, 0.15) is 11.4 Å². The van der Waals surface area contributed by atoms with Crippen LogP contribution in [0.3, 0.4) is 0 Å². The fraction of sp³-hybridized carbons (Fsp3) is 0.273. The number of carbonyl (C=O) groups excluding carboxylic acids is 1. The smallest absolute Gasteiger partial charge is 0.321 e. The summed E-state index contributed by atoms with van der Waals surface area (Å²) in [5.74, 6) is 0.393. The number of anilines is 1. The molecule has 2 N–H and O–H groups in total. The number of urea groups is 1. The van der Waals surface area contributed by atoms with Crippen LogP contribution in [-0.4, -0.2) is 25.8 Å². The maximum Gasteiger partial charge on any atom is 0.321 e. The van der Waals surface area contributed by atoms with E-state index in [1.165, 1.54) is 11.0 Å². The highest BCUT2D eigenvalue weighted by atomic mass is 16.2. The van der Waals surface area contributed by atoms with Gasteiger partial charge in [-0.3, -0.25) is 10.3 Å². The van der Waals surface area contributed by atoms with Gasteiger partial charge in [0.25, 0.3) is 0 Å². The fourth-order valence-corrected chi connectivity index (χ4v) is 1.42. The molecule has 2 rings (SSSR count). The van der Waals surface area contributed by atoms with E-state index in [-0.39, 0.29) is 6.03 Å². The number of nitrogens with one attached hydrogen (secondary N) is 2. The van der Waals surface area contributed by atoms with Crippen molar-refractivity contribution >= 4 is 12.0 Å². The van der Waals surface area contributed by atoms with Gasteiger partial charge >= 0.3 is 6.03 Å². The topological polar surface area (TPSA) is 84.7 Å². The number of hydrogen-bond acceptors (Lipinski definition) is 4. The molecule has 0 atom stereocenters. The Labute approximate surface area is 104 Å². The van der Waals surface area contributed by atoms with Gasteiger partial charge in [0, 0.05) is 12.7 Å². The van der Waals surface area contributed by atoms with E-state index in [9.17, 15) is 4.79 Å². The zero-order valence-corrected chi connectivity index (χ0v) is 10.2. The van der Waals surface area contributed by atoms with Crippen molar-refractivity contribution in [3.8, 4) is 0 Å². The van der Waals surface area contributed by atoms with Crippen LogP contribution in [-0.2, 0) is 13.6 Å². The Balaban J connectivity index is 1.87. The second-order valence-electron chi connectivity index (χ2n) is 3.79. The zero-order valence-electron chi connectivity index (χ0n) is 10.2. The van der Waals surface area contributed by atoms with E-state index >= 15 is 0 Å². The SMILES string of the molecule is Cc1cccc(CNC(=O)Nc2ncnn2C)n1. The number of amides is 2. The number of carbonyl (C=O) groups is 1. The number of aryl methyl sites for hydroxylation is 2. The third kappa shape index (κ3) is 3.03. The lowest BCUT2D eigenvalue weighted by Crippen LogP contribution is -2.29. The molecule has 94 valence electrons. The van der Waals surface area contributed by atoms with Crippen molar-refractivity contribution in [3.63, 3.8) is 0 Å². The average Bonchev–Trinajstić information content (AvgIpc) is 2.73. The molecule has 7 nitrogen and oxygen atoms in total. The molecule has 2 amide bonds. The van der Waals surface area contributed by atoms with E-state index in [1.807, 2.05) is 25.1 Å². The lowest BCUT2D eigenvalue weighted by molar-refractivity contribution is 0.251. The molecule has 0 aromatic carbocycles. The highest BCUT2D eigenvalue weighted by Crippen LogP contribution is 1.99. The monoisotopic (exact) mass is 246 g/mol. The summed E-state index contributed by atoms with van der Waals surface area (Å²) in [6.45, 7) is 2.27. The van der Waals surface area contributed by atoms with Crippen molar-refractivity contribution in [1.82, 2.24) is 25.1 Å². The van der Waals surface area contributed by atoms with Gasteiger partial charge in [-0.15, -0.1) is 0 Å². The Morgan fingerprint density at radius 1 is 1.44 bits per heavy atom. The van der Waals surface area contributed by atoms with Crippen LogP contribution in [0.2, 0.25) is 0 Å². The van der Waals surface area contributed by atoms with Gasteiger partial charge < -0.3 is 5.32 Å².